The minimum atomic E-state index is -0.0125. The number of likely N-dealkylation sites (tertiary alicyclic amines) is 1. The standard InChI is InChI=1S/C20H28N4O2S/c1-15(25)24(8-9-26-2)20-22-18(14-27-20)12-23-11-17(10-21)19(13-23)16-6-4-3-5-7-16/h3-7,14,17,19H,8-13,21H2,1-2H3/t17-,19+/m1/s1. The first-order valence-electron chi connectivity index (χ1n) is 9.31. The minimum absolute atomic E-state index is 0.0125. The van der Waals surface area contributed by atoms with Crippen LogP contribution in [0, 0.1) is 5.92 Å². The molecule has 1 aliphatic rings. The number of anilines is 1. The van der Waals surface area contributed by atoms with Crippen LogP contribution in [0.2, 0.25) is 0 Å². The van der Waals surface area contributed by atoms with E-state index in [4.69, 9.17) is 15.5 Å². The number of aromatic nitrogens is 1. The lowest BCUT2D eigenvalue weighted by Crippen LogP contribution is -2.31. The molecule has 7 heteroatoms. The summed E-state index contributed by atoms with van der Waals surface area (Å²) in [6, 6.07) is 10.6. The lowest BCUT2D eigenvalue weighted by molar-refractivity contribution is -0.116. The summed E-state index contributed by atoms with van der Waals surface area (Å²) in [5.74, 6) is 0.909. The van der Waals surface area contributed by atoms with Gasteiger partial charge in [-0.25, -0.2) is 4.98 Å². The Labute approximate surface area is 164 Å². The zero-order chi connectivity index (χ0) is 19.2. The van der Waals surface area contributed by atoms with Crippen molar-refractivity contribution in [2.45, 2.75) is 19.4 Å². The number of carbonyl (C=O) groups excluding carboxylic acids is 1. The predicted molar refractivity (Wildman–Crippen MR) is 109 cm³/mol. The van der Waals surface area contributed by atoms with Gasteiger partial charge in [-0.3, -0.25) is 14.6 Å². The van der Waals surface area contributed by atoms with Gasteiger partial charge in [-0.2, -0.15) is 0 Å². The largest absolute Gasteiger partial charge is 0.383 e. The summed E-state index contributed by atoms with van der Waals surface area (Å²) in [5, 5.41) is 2.79. The van der Waals surface area contributed by atoms with E-state index < -0.39 is 0 Å². The van der Waals surface area contributed by atoms with E-state index in [1.54, 1.807) is 18.9 Å². The molecule has 1 saturated heterocycles. The topological polar surface area (TPSA) is 71.7 Å². The number of thiazole rings is 1. The van der Waals surface area contributed by atoms with Gasteiger partial charge in [0, 0.05) is 45.0 Å². The Bertz CT molecular complexity index is 737. The van der Waals surface area contributed by atoms with Gasteiger partial charge in [0.1, 0.15) is 0 Å². The Hall–Kier alpha value is -1.80. The monoisotopic (exact) mass is 388 g/mol. The molecule has 2 N–H and O–H groups in total. The summed E-state index contributed by atoms with van der Waals surface area (Å²) in [5.41, 5.74) is 8.41. The van der Waals surface area contributed by atoms with Crippen LogP contribution in [0.25, 0.3) is 0 Å². The molecule has 27 heavy (non-hydrogen) atoms. The molecule has 1 aromatic heterocycles. The van der Waals surface area contributed by atoms with Crippen LogP contribution in [0.4, 0.5) is 5.13 Å². The molecule has 0 aliphatic carbocycles. The van der Waals surface area contributed by atoms with Crippen molar-refractivity contribution in [3.8, 4) is 0 Å². The van der Waals surface area contributed by atoms with Gasteiger partial charge >= 0.3 is 0 Å². The molecule has 1 fully saturated rings. The summed E-state index contributed by atoms with van der Waals surface area (Å²) >= 11 is 1.51. The number of ether oxygens (including phenoxy) is 1. The molecular formula is C20H28N4O2S. The number of nitrogens with two attached hydrogens (primary N) is 1. The zero-order valence-corrected chi connectivity index (χ0v) is 16.8. The van der Waals surface area contributed by atoms with E-state index >= 15 is 0 Å². The molecule has 0 radical (unpaired) electrons. The van der Waals surface area contributed by atoms with Gasteiger partial charge in [-0.05, 0) is 18.0 Å². The number of amides is 1. The molecule has 3 rings (SSSR count). The Balaban J connectivity index is 1.66. The Morgan fingerprint density at radius 2 is 2.15 bits per heavy atom. The summed E-state index contributed by atoms with van der Waals surface area (Å²) in [6.45, 7) is 6.01. The number of rotatable bonds is 8. The molecule has 1 aromatic carbocycles. The normalized spacial score (nSPS) is 20.1. The Morgan fingerprint density at radius 1 is 1.37 bits per heavy atom. The maximum Gasteiger partial charge on any atom is 0.225 e. The van der Waals surface area contributed by atoms with Crippen molar-refractivity contribution in [2.24, 2.45) is 11.7 Å². The maximum absolute atomic E-state index is 11.9. The summed E-state index contributed by atoms with van der Waals surface area (Å²) < 4.78 is 5.10. The van der Waals surface area contributed by atoms with E-state index in [1.165, 1.54) is 16.9 Å². The number of hydrogen-bond donors (Lipinski definition) is 1. The molecule has 2 aromatic rings. The summed E-state index contributed by atoms with van der Waals surface area (Å²) in [6.07, 6.45) is 0. The molecule has 146 valence electrons. The second-order valence-electron chi connectivity index (χ2n) is 6.99. The van der Waals surface area contributed by atoms with E-state index in [9.17, 15) is 4.79 Å². The van der Waals surface area contributed by atoms with Crippen molar-refractivity contribution in [2.75, 3.05) is 44.8 Å². The van der Waals surface area contributed by atoms with Crippen LogP contribution in [0.3, 0.4) is 0 Å². The van der Waals surface area contributed by atoms with Gasteiger partial charge in [0.2, 0.25) is 5.91 Å². The molecule has 6 nitrogen and oxygen atoms in total. The van der Waals surface area contributed by atoms with E-state index in [1.807, 2.05) is 5.38 Å². The van der Waals surface area contributed by atoms with Crippen molar-refractivity contribution < 1.29 is 9.53 Å². The van der Waals surface area contributed by atoms with Crippen molar-refractivity contribution in [3.05, 3.63) is 47.0 Å². The molecule has 0 bridgehead atoms. The first kappa shape index (κ1) is 19.9. The van der Waals surface area contributed by atoms with Crippen LogP contribution in [-0.4, -0.2) is 55.7 Å². The maximum atomic E-state index is 11.9. The lowest BCUT2D eigenvalue weighted by atomic mass is 9.89. The highest BCUT2D eigenvalue weighted by Crippen LogP contribution is 2.33. The second-order valence-corrected chi connectivity index (χ2v) is 7.83. The summed E-state index contributed by atoms with van der Waals surface area (Å²) in [7, 11) is 1.63. The smallest absolute Gasteiger partial charge is 0.225 e. The first-order valence-corrected chi connectivity index (χ1v) is 10.2. The Kier molecular flexibility index (Phi) is 6.95. The van der Waals surface area contributed by atoms with Gasteiger partial charge in [-0.1, -0.05) is 30.3 Å². The molecule has 2 heterocycles. The predicted octanol–water partition coefficient (Wildman–Crippen LogP) is 2.32. The van der Waals surface area contributed by atoms with Crippen LogP contribution in [0.5, 0.6) is 0 Å². The fourth-order valence-corrected chi connectivity index (χ4v) is 4.58. The molecule has 0 unspecified atom stereocenters. The Morgan fingerprint density at radius 3 is 2.81 bits per heavy atom. The van der Waals surface area contributed by atoms with Crippen LogP contribution in [0.15, 0.2) is 35.7 Å². The van der Waals surface area contributed by atoms with Crippen molar-refractivity contribution in [1.29, 1.82) is 0 Å². The quantitative estimate of drug-likeness (QED) is 0.751. The number of benzene rings is 1. The average Bonchev–Trinajstić information content (AvgIpc) is 3.30. The third-order valence-electron chi connectivity index (χ3n) is 5.10. The summed E-state index contributed by atoms with van der Waals surface area (Å²) in [4.78, 5) is 20.7. The molecule has 0 spiro atoms. The van der Waals surface area contributed by atoms with Crippen molar-refractivity contribution in [3.63, 3.8) is 0 Å². The first-order chi connectivity index (χ1) is 13.1. The van der Waals surface area contributed by atoms with Crippen LogP contribution < -0.4 is 10.6 Å². The highest BCUT2D eigenvalue weighted by molar-refractivity contribution is 7.14. The van der Waals surface area contributed by atoms with E-state index in [2.05, 4.69) is 35.2 Å². The number of nitrogens with zero attached hydrogens (tertiary/aromatic N) is 3. The molecular weight excluding hydrogens is 360 g/mol. The van der Waals surface area contributed by atoms with Crippen molar-refractivity contribution in [1.82, 2.24) is 9.88 Å². The lowest BCUT2D eigenvalue weighted by Gasteiger charge is -2.17. The second kappa shape index (κ2) is 9.41. The van der Waals surface area contributed by atoms with E-state index in [-0.39, 0.29) is 5.91 Å². The highest BCUT2D eigenvalue weighted by Gasteiger charge is 2.33. The van der Waals surface area contributed by atoms with Gasteiger partial charge in [0.25, 0.3) is 0 Å². The van der Waals surface area contributed by atoms with Gasteiger partial charge in [0.15, 0.2) is 5.13 Å². The fraction of sp³-hybridized carbons (Fsp3) is 0.500. The fourth-order valence-electron chi connectivity index (χ4n) is 3.70. The molecule has 1 aliphatic heterocycles. The number of methoxy groups -OCH3 is 1. The highest BCUT2D eigenvalue weighted by atomic mass is 32.1. The minimum Gasteiger partial charge on any atom is -0.383 e. The van der Waals surface area contributed by atoms with Crippen LogP contribution >= 0.6 is 11.3 Å². The van der Waals surface area contributed by atoms with E-state index in [0.717, 1.165) is 30.5 Å². The van der Waals surface area contributed by atoms with Gasteiger partial charge < -0.3 is 10.5 Å². The van der Waals surface area contributed by atoms with E-state index in [0.29, 0.717) is 31.5 Å². The number of hydrogen-bond acceptors (Lipinski definition) is 6. The molecule has 1 amide bonds. The SMILES string of the molecule is COCCN(C(C)=O)c1nc(CN2C[C@@H](CN)[C@H](c3ccccc3)C2)cs1. The third-order valence-corrected chi connectivity index (χ3v) is 6.01. The third kappa shape index (κ3) is 4.93. The molecule has 2 atom stereocenters. The number of carbonyl (C=O) groups is 1. The van der Waals surface area contributed by atoms with Gasteiger partial charge in [0.05, 0.1) is 18.8 Å². The zero-order valence-electron chi connectivity index (χ0n) is 16.0. The van der Waals surface area contributed by atoms with Crippen LogP contribution in [-0.2, 0) is 16.1 Å². The molecule has 0 saturated carbocycles. The average molecular weight is 389 g/mol. The van der Waals surface area contributed by atoms with Crippen molar-refractivity contribution >= 4 is 22.4 Å². The van der Waals surface area contributed by atoms with Gasteiger partial charge in [-0.15, -0.1) is 11.3 Å². The van der Waals surface area contributed by atoms with Crippen LogP contribution in [0.1, 0.15) is 24.1 Å².